The molecule has 2 bridgehead atoms. The first-order valence-corrected chi connectivity index (χ1v) is 7.97. The predicted molar refractivity (Wildman–Crippen MR) is 82.2 cm³/mol. The number of fused-ring (bicyclic) bond motifs is 2. The highest BCUT2D eigenvalue weighted by molar-refractivity contribution is 5.73. The van der Waals surface area contributed by atoms with E-state index in [9.17, 15) is 14.0 Å². The number of nitrogens with zero attached hydrogens (tertiary/aromatic N) is 2. The summed E-state index contributed by atoms with van der Waals surface area (Å²) in [4.78, 5) is 26.5. The first-order valence-electron chi connectivity index (χ1n) is 7.97. The van der Waals surface area contributed by atoms with Crippen LogP contribution in [0, 0.1) is 5.82 Å². The first-order chi connectivity index (χ1) is 11.2. The number of rotatable bonds is 6. The van der Waals surface area contributed by atoms with Crippen LogP contribution in [0.15, 0.2) is 24.3 Å². The Hall–Kier alpha value is -1.79. The van der Waals surface area contributed by atoms with Gasteiger partial charge in [-0.1, -0.05) is 12.1 Å². The van der Waals surface area contributed by atoms with E-state index in [-0.39, 0.29) is 24.9 Å². The second-order valence-electron chi connectivity index (χ2n) is 6.23. The molecule has 3 rings (SSSR count). The van der Waals surface area contributed by atoms with Gasteiger partial charge < -0.3 is 4.74 Å². The molecule has 0 N–H and O–H groups in total. The van der Waals surface area contributed by atoms with Gasteiger partial charge in [0.25, 0.3) is 0 Å². The van der Waals surface area contributed by atoms with Crippen LogP contribution >= 0.6 is 0 Å². The van der Waals surface area contributed by atoms with E-state index in [1.807, 2.05) is 12.1 Å². The Morgan fingerprint density at radius 3 is 2.48 bits per heavy atom. The van der Waals surface area contributed by atoms with Crippen LogP contribution in [0.4, 0.5) is 4.39 Å². The summed E-state index contributed by atoms with van der Waals surface area (Å²) in [6, 6.07) is 7.31. The van der Waals surface area contributed by atoms with Crippen molar-refractivity contribution < 1.29 is 18.7 Å². The van der Waals surface area contributed by atoms with Crippen LogP contribution in [0.2, 0.25) is 0 Å². The molecule has 0 saturated carbocycles. The number of halogens is 1. The van der Waals surface area contributed by atoms with Crippen LogP contribution in [0.1, 0.15) is 18.4 Å². The van der Waals surface area contributed by atoms with Crippen molar-refractivity contribution in [3.8, 4) is 0 Å². The van der Waals surface area contributed by atoms with Crippen LogP contribution < -0.4 is 0 Å². The number of ether oxygens (including phenoxy) is 1. The number of benzene rings is 1. The lowest BCUT2D eigenvalue weighted by atomic mass is 10.1. The number of hydrogen-bond donors (Lipinski definition) is 0. The van der Waals surface area contributed by atoms with E-state index < -0.39 is 0 Å². The molecule has 0 aromatic heterocycles. The Balaban J connectivity index is 1.55. The molecule has 2 saturated heterocycles. The van der Waals surface area contributed by atoms with Crippen molar-refractivity contribution in [1.82, 2.24) is 9.80 Å². The minimum absolute atomic E-state index is 0.168. The third-order valence-corrected chi connectivity index (χ3v) is 4.65. The highest BCUT2D eigenvalue weighted by atomic mass is 19.1. The van der Waals surface area contributed by atoms with E-state index >= 15 is 0 Å². The van der Waals surface area contributed by atoms with E-state index in [4.69, 9.17) is 4.74 Å². The monoisotopic (exact) mass is 320 g/mol. The van der Waals surface area contributed by atoms with E-state index in [1.54, 1.807) is 0 Å². The number of likely N-dealkylation sites (tertiary alicyclic amines) is 1. The van der Waals surface area contributed by atoms with Gasteiger partial charge >= 0.3 is 5.97 Å². The van der Waals surface area contributed by atoms with E-state index in [2.05, 4.69) is 9.80 Å². The smallest absolute Gasteiger partial charge is 0.320 e. The standard InChI is InChI=1S/C17H21FN2O3/c18-14-3-1-13(2-4-14)9-19-10-15-5-6-16(11-19)20(15)12-17(22)23-8-7-21/h1-4,7,15-16H,5-6,8-12H2. The molecule has 0 spiro atoms. The van der Waals surface area contributed by atoms with Crippen molar-refractivity contribution in [2.75, 3.05) is 26.2 Å². The van der Waals surface area contributed by atoms with Gasteiger partial charge in [0.05, 0.1) is 6.54 Å². The summed E-state index contributed by atoms with van der Waals surface area (Å²) in [6.07, 6.45) is 2.74. The molecule has 2 atom stereocenters. The lowest BCUT2D eigenvalue weighted by Crippen LogP contribution is -2.54. The average Bonchev–Trinajstić information content (AvgIpc) is 2.78. The van der Waals surface area contributed by atoms with E-state index in [1.165, 1.54) is 12.1 Å². The van der Waals surface area contributed by atoms with Crippen molar-refractivity contribution >= 4 is 12.3 Å². The molecule has 6 heteroatoms. The zero-order chi connectivity index (χ0) is 16.2. The van der Waals surface area contributed by atoms with Crippen molar-refractivity contribution in [2.24, 2.45) is 0 Å². The Kier molecular flexibility index (Phi) is 5.03. The van der Waals surface area contributed by atoms with Gasteiger partial charge in [0, 0.05) is 31.7 Å². The molecule has 2 fully saturated rings. The summed E-state index contributed by atoms with van der Waals surface area (Å²) in [5.41, 5.74) is 1.10. The highest BCUT2D eigenvalue weighted by Gasteiger charge is 2.40. The van der Waals surface area contributed by atoms with Crippen molar-refractivity contribution in [3.05, 3.63) is 35.6 Å². The zero-order valence-electron chi connectivity index (χ0n) is 13.0. The molecule has 1 aromatic rings. The summed E-state index contributed by atoms with van der Waals surface area (Å²) in [5, 5.41) is 0. The summed E-state index contributed by atoms with van der Waals surface area (Å²) >= 11 is 0. The summed E-state index contributed by atoms with van der Waals surface area (Å²) in [7, 11) is 0. The fourth-order valence-corrected chi connectivity index (χ4v) is 3.63. The molecule has 2 heterocycles. The van der Waals surface area contributed by atoms with Crippen molar-refractivity contribution in [3.63, 3.8) is 0 Å². The Bertz CT molecular complexity index is 549. The molecule has 0 radical (unpaired) electrons. The van der Waals surface area contributed by atoms with E-state index in [0.29, 0.717) is 18.4 Å². The topological polar surface area (TPSA) is 49.9 Å². The second-order valence-corrected chi connectivity index (χ2v) is 6.23. The highest BCUT2D eigenvalue weighted by Crippen LogP contribution is 2.30. The van der Waals surface area contributed by atoms with Crippen molar-refractivity contribution in [2.45, 2.75) is 31.5 Å². The molecule has 2 aliphatic heterocycles. The number of carbonyl (C=O) groups excluding carboxylic acids is 2. The third kappa shape index (κ3) is 3.95. The first kappa shape index (κ1) is 16.1. The lowest BCUT2D eigenvalue weighted by Gasteiger charge is -2.40. The second kappa shape index (κ2) is 7.19. The van der Waals surface area contributed by atoms with Crippen molar-refractivity contribution in [1.29, 1.82) is 0 Å². The molecular formula is C17H21FN2O3. The van der Waals surface area contributed by atoms with Gasteiger partial charge in [0.1, 0.15) is 12.4 Å². The Morgan fingerprint density at radius 2 is 1.87 bits per heavy atom. The number of piperazine rings is 1. The molecule has 23 heavy (non-hydrogen) atoms. The molecule has 1 aromatic carbocycles. The SMILES string of the molecule is O=CCOC(=O)CN1C2CCC1CN(Cc1ccc(F)cc1)C2. The molecule has 0 aliphatic carbocycles. The summed E-state index contributed by atoms with van der Waals surface area (Å²) < 4.78 is 17.8. The predicted octanol–water partition coefficient (Wildman–Crippen LogP) is 1.22. The maximum Gasteiger partial charge on any atom is 0.320 e. The largest absolute Gasteiger partial charge is 0.457 e. The molecule has 0 amide bonds. The fourth-order valence-electron chi connectivity index (χ4n) is 3.63. The minimum Gasteiger partial charge on any atom is -0.457 e. The van der Waals surface area contributed by atoms with Crippen LogP contribution in [-0.4, -0.2) is 60.4 Å². The van der Waals surface area contributed by atoms with Gasteiger partial charge in [-0.05, 0) is 30.5 Å². The van der Waals surface area contributed by atoms with Crippen LogP contribution in [0.5, 0.6) is 0 Å². The fraction of sp³-hybridized carbons (Fsp3) is 0.529. The molecule has 2 unspecified atom stereocenters. The number of carbonyl (C=O) groups is 2. The van der Waals surface area contributed by atoms with E-state index in [0.717, 1.165) is 38.0 Å². The Morgan fingerprint density at radius 1 is 1.22 bits per heavy atom. The van der Waals surface area contributed by atoms with Crippen LogP contribution in [-0.2, 0) is 20.9 Å². The lowest BCUT2D eigenvalue weighted by molar-refractivity contribution is -0.148. The average molecular weight is 320 g/mol. The maximum absolute atomic E-state index is 13.0. The van der Waals surface area contributed by atoms with Gasteiger partial charge in [0.2, 0.25) is 0 Å². The number of esters is 1. The van der Waals surface area contributed by atoms with Gasteiger partial charge in [-0.3, -0.25) is 19.4 Å². The van der Waals surface area contributed by atoms with Gasteiger partial charge in [-0.25, -0.2) is 4.39 Å². The minimum atomic E-state index is -0.332. The third-order valence-electron chi connectivity index (χ3n) is 4.65. The molecule has 124 valence electrons. The summed E-state index contributed by atoms with van der Waals surface area (Å²) in [6.45, 7) is 2.69. The quantitative estimate of drug-likeness (QED) is 0.583. The van der Waals surface area contributed by atoms with Crippen LogP contribution in [0.25, 0.3) is 0 Å². The zero-order valence-corrected chi connectivity index (χ0v) is 13.0. The number of hydrogen-bond acceptors (Lipinski definition) is 5. The van der Waals surface area contributed by atoms with Gasteiger partial charge in [0.15, 0.2) is 6.29 Å². The Labute approximate surface area is 135 Å². The normalized spacial score (nSPS) is 24.6. The summed E-state index contributed by atoms with van der Waals surface area (Å²) in [5.74, 6) is -0.548. The molecular weight excluding hydrogens is 299 g/mol. The van der Waals surface area contributed by atoms with Crippen LogP contribution in [0.3, 0.4) is 0 Å². The number of aldehydes is 1. The maximum atomic E-state index is 13.0. The molecule has 2 aliphatic rings. The molecule has 5 nitrogen and oxygen atoms in total. The van der Waals surface area contributed by atoms with Gasteiger partial charge in [-0.15, -0.1) is 0 Å². The van der Waals surface area contributed by atoms with Gasteiger partial charge in [-0.2, -0.15) is 0 Å².